The quantitative estimate of drug-likeness (QED) is 0.293. The van der Waals surface area contributed by atoms with Crippen molar-refractivity contribution in [1.29, 1.82) is 5.41 Å². The van der Waals surface area contributed by atoms with Crippen LogP contribution in [0.15, 0.2) is 83.7 Å². The van der Waals surface area contributed by atoms with Gasteiger partial charge in [0.1, 0.15) is 35.8 Å². The van der Waals surface area contributed by atoms with Gasteiger partial charge in [0, 0.05) is 36.5 Å². The van der Waals surface area contributed by atoms with Gasteiger partial charge in [-0.15, -0.1) is 0 Å². The average Bonchev–Trinajstić information content (AvgIpc) is 3.56. The lowest BCUT2D eigenvalue weighted by atomic mass is 10.1. The molecule has 2 amide bonds. The molecule has 0 bridgehead atoms. The Morgan fingerprint density at radius 1 is 1.13 bits per heavy atom. The van der Waals surface area contributed by atoms with Gasteiger partial charge in [-0.3, -0.25) is 15.0 Å². The Hall–Kier alpha value is -5.19. The molecule has 5 rings (SSSR count). The van der Waals surface area contributed by atoms with Crippen molar-refractivity contribution >= 4 is 29.0 Å². The number of halogens is 1. The van der Waals surface area contributed by atoms with Crippen molar-refractivity contribution in [3.63, 3.8) is 0 Å². The van der Waals surface area contributed by atoms with Gasteiger partial charge in [0.05, 0.1) is 5.70 Å². The van der Waals surface area contributed by atoms with Gasteiger partial charge in [0.25, 0.3) is 5.91 Å². The van der Waals surface area contributed by atoms with E-state index in [0.29, 0.717) is 29.1 Å². The van der Waals surface area contributed by atoms with Gasteiger partial charge >= 0.3 is 0 Å². The summed E-state index contributed by atoms with van der Waals surface area (Å²) in [6.45, 7) is 0.368. The third-order valence-corrected chi connectivity index (χ3v) is 5.82. The lowest BCUT2D eigenvalue weighted by Gasteiger charge is -2.15. The Morgan fingerprint density at radius 2 is 1.95 bits per heavy atom. The zero-order valence-electron chi connectivity index (χ0n) is 20.0. The number of carbonyl (C=O) groups is 2. The Morgan fingerprint density at radius 3 is 2.74 bits per heavy atom. The van der Waals surface area contributed by atoms with Gasteiger partial charge in [-0.25, -0.2) is 14.4 Å². The van der Waals surface area contributed by atoms with Crippen molar-refractivity contribution in [3.8, 4) is 0 Å². The molecule has 0 saturated carbocycles. The Balaban J connectivity index is 1.27. The van der Waals surface area contributed by atoms with E-state index in [9.17, 15) is 14.0 Å². The van der Waals surface area contributed by atoms with Crippen LogP contribution in [0.2, 0.25) is 0 Å². The minimum atomic E-state index is -0.423. The first-order chi connectivity index (χ1) is 18.5. The van der Waals surface area contributed by atoms with E-state index in [-0.39, 0.29) is 42.2 Å². The van der Waals surface area contributed by atoms with E-state index in [1.54, 1.807) is 36.4 Å². The molecule has 1 aliphatic rings. The van der Waals surface area contributed by atoms with E-state index in [2.05, 4.69) is 25.8 Å². The Kier molecular flexibility index (Phi) is 6.98. The molecule has 3 N–H and O–H groups in total. The third-order valence-electron chi connectivity index (χ3n) is 5.82. The number of anilines is 1. The molecule has 2 aromatic heterocycles. The van der Waals surface area contributed by atoms with Crippen LogP contribution in [0, 0.1) is 11.2 Å². The maximum atomic E-state index is 14.1. The van der Waals surface area contributed by atoms with Gasteiger partial charge in [0.15, 0.2) is 5.82 Å². The normalized spacial score (nSPS) is 12.8. The van der Waals surface area contributed by atoms with Crippen LogP contribution in [0.3, 0.4) is 0 Å². The first-order valence-electron chi connectivity index (χ1n) is 11.7. The van der Waals surface area contributed by atoms with Crippen molar-refractivity contribution in [2.45, 2.75) is 13.1 Å². The maximum absolute atomic E-state index is 14.1. The number of nitrogens with zero attached hydrogens (tertiary/aromatic N) is 4. The molecule has 4 aromatic rings. The van der Waals surface area contributed by atoms with Crippen molar-refractivity contribution in [2.75, 3.05) is 11.9 Å². The summed E-state index contributed by atoms with van der Waals surface area (Å²) < 4.78 is 19.0. The molecule has 10 nitrogen and oxygen atoms in total. The Bertz CT molecular complexity index is 1540. The monoisotopic (exact) mass is 511 g/mol. The standard InChI is InChI=1S/C27H22FN7O3/c28-20-8-4-2-5-17(20)14-31-23(22-10-12-38-34-22)13-21(29)26-30-11-9-24(33-26)32-25(36)16-35-15-18-6-1-3-7-19(18)27(35)37/h1-13,29,31H,14-16H2,(H,30,32,33,36)/b23-13-,29-21?. The molecule has 3 heterocycles. The van der Waals surface area contributed by atoms with Crippen molar-refractivity contribution in [1.82, 2.24) is 25.3 Å². The highest BCUT2D eigenvalue weighted by atomic mass is 19.1. The van der Waals surface area contributed by atoms with Crippen LogP contribution in [-0.4, -0.2) is 44.1 Å². The number of allylic oxidation sites excluding steroid dienone is 1. The zero-order valence-corrected chi connectivity index (χ0v) is 20.0. The second kappa shape index (κ2) is 10.8. The molecule has 0 spiro atoms. The highest BCUT2D eigenvalue weighted by Gasteiger charge is 2.28. The molecule has 0 radical (unpaired) electrons. The predicted molar refractivity (Wildman–Crippen MR) is 136 cm³/mol. The second-order valence-corrected chi connectivity index (χ2v) is 8.43. The number of nitrogens with one attached hydrogen (secondary N) is 3. The maximum Gasteiger partial charge on any atom is 0.254 e. The van der Waals surface area contributed by atoms with Crippen LogP contribution in [0.5, 0.6) is 0 Å². The van der Waals surface area contributed by atoms with E-state index in [1.807, 2.05) is 12.1 Å². The number of benzene rings is 2. The fourth-order valence-corrected chi connectivity index (χ4v) is 3.96. The molecule has 0 fully saturated rings. The Labute approximate surface area is 216 Å². The largest absolute Gasteiger partial charge is 0.379 e. The van der Waals surface area contributed by atoms with E-state index in [1.165, 1.54) is 35.6 Å². The number of fused-ring (bicyclic) bond motifs is 1. The first kappa shape index (κ1) is 24.5. The highest BCUT2D eigenvalue weighted by molar-refractivity contribution is 6.08. The summed E-state index contributed by atoms with van der Waals surface area (Å²) in [5.41, 5.74) is 2.64. The molecule has 0 aliphatic carbocycles. The number of hydrogen-bond donors (Lipinski definition) is 3. The minimum Gasteiger partial charge on any atom is -0.379 e. The van der Waals surface area contributed by atoms with Gasteiger partial charge in [-0.05, 0) is 29.8 Å². The lowest BCUT2D eigenvalue weighted by Crippen LogP contribution is -2.33. The van der Waals surface area contributed by atoms with E-state index >= 15 is 0 Å². The van der Waals surface area contributed by atoms with Crippen LogP contribution in [0.4, 0.5) is 10.2 Å². The van der Waals surface area contributed by atoms with Gasteiger partial charge in [-0.2, -0.15) is 0 Å². The summed E-state index contributed by atoms with van der Waals surface area (Å²) in [7, 11) is 0. The SMILES string of the molecule is N=C(/C=C(\NCc1ccccc1F)c1ccon1)c1nccc(NC(=O)CN2Cc3ccccc3C2=O)n1. The van der Waals surface area contributed by atoms with E-state index < -0.39 is 5.91 Å². The van der Waals surface area contributed by atoms with Crippen LogP contribution < -0.4 is 10.6 Å². The number of aromatic nitrogens is 3. The first-order valence-corrected chi connectivity index (χ1v) is 11.7. The molecule has 1 aliphatic heterocycles. The fourth-order valence-electron chi connectivity index (χ4n) is 3.96. The van der Waals surface area contributed by atoms with E-state index in [0.717, 1.165) is 5.56 Å². The zero-order chi connectivity index (χ0) is 26.5. The highest BCUT2D eigenvalue weighted by Crippen LogP contribution is 2.22. The number of carbonyl (C=O) groups excluding carboxylic acids is 2. The van der Waals surface area contributed by atoms with Gasteiger partial charge in [-0.1, -0.05) is 41.6 Å². The molecule has 0 atom stereocenters. The van der Waals surface area contributed by atoms with Crippen molar-refractivity contribution in [2.24, 2.45) is 0 Å². The molecule has 0 unspecified atom stereocenters. The van der Waals surface area contributed by atoms with Gasteiger partial charge < -0.3 is 20.1 Å². The minimum absolute atomic E-state index is 0.0427. The molecule has 2 aromatic carbocycles. The van der Waals surface area contributed by atoms with Crippen LogP contribution in [0.25, 0.3) is 5.70 Å². The van der Waals surface area contributed by atoms with Crippen LogP contribution in [0.1, 0.15) is 33.0 Å². The third kappa shape index (κ3) is 5.46. The summed E-state index contributed by atoms with van der Waals surface area (Å²) in [6, 6.07) is 16.7. The second-order valence-electron chi connectivity index (χ2n) is 8.43. The topological polar surface area (TPSA) is 137 Å². The average molecular weight is 512 g/mol. The fraction of sp³-hybridized carbons (Fsp3) is 0.111. The summed E-state index contributed by atoms with van der Waals surface area (Å²) in [5.74, 6) is -0.756. The van der Waals surface area contributed by atoms with Crippen LogP contribution >= 0.6 is 0 Å². The number of amides is 2. The smallest absolute Gasteiger partial charge is 0.254 e. The van der Waals surface area contributed by atoms with E-state index in [4.69, 9.17) is 9.93 Å². The molecule has 0 saturated heterocycles. The van der Waals surface area contributed by atoms with Crippen molar-refractivity contribution in [3.05, 3.63) is 113 Å². The summed E-state index contributed by atoms with van der Waals surface area (Å²) in [4.78, 5) is 35.0. The number of hydrogen-bond acceptors (Lipinski definition) is 8. The molecule has 38 heavy (non-hydrogen) atoms. The molecular formula is C27H22FN7O3. The van der Waals surface area contributed by atoms with Crippen molar-refractivity contribution < 1.29 is 18.5 Å². The molecule has 11 heteroatoms. The lowest BCUT2D eigenvalue weighted by molar-refractivity contribution is -0.116. The predicted octanol–water partition coefficient (Wildman–Crippen LogP) is 3.40. The van der Waals surface area contributed by atoms with Gasteiger partial charge in [0.2, 0.25) is 5.91 Å². The summed E-state index contributed by atoms with van der Waals surface area (Å²) in [6.07, 6.45) is 4.24. The number of rotatable bonds is 9. The summed E-state index contributed by atoms with van der Waals surface area (Å²) >= 11 is 0. The summed E-state index contributed by atoms with van der Waals surface area (Å²) in [5, 5.41) is 18.1. The molecular weight excluding hydrogens is 489 g/mol. The van der Waals surface area contributed by atoms with Crippen LogP contribution in [-0.2, 0) is 17.9 Å². The molecule has 190 valence electrons.